The van der Waals surface area contributed by atoms with Gasteiger partial charge >= 0.3 is 0 Å². The van der Waals surface area contributed by atoms with Crippen LogP contribution in [0, 0.1) is 5.82 Å². The van der Waals surface area contributed by atoms with Gasteiger partial charge in [0.05, 0.1) is 0 Å². The fraction of sp³-hybridized carbons (Fsp3) is 0. The van der Waals surface area contributed by atoms with Crippen LogP contribution in [0.15, 0.2) is 18.2 Å². The highest BCUT2D eigenvalue weighted by atomic mass is 19.1. The molecule has 0 aliphatic carbocycles. The Morgan fingerprint density at radius 3 is 2.71 bits per heavy atom. The summed E-state index contributed by atoms with van der Waals surface area (Å²) in [5, 5.41) is 6.18. The monoisotopic (exact) mass is 193 g/mol. The van der Waals surface area contributed by atoms with Gasteiger partial charge in [-0.1, -0.05) is 0 Å². The minimum Gasteiger partial charge on any atom is -0.398 e. The molecular formula is C8H8FN5. The molecule has 1 heterocycles. The minimum atomic E-state index is -0.385. The first-order valence-electron chi connectivity index (χ1n) is 3.90. The number of aromatic amines is 1. The second kappa shape index (κ2) is 2.99. The third-order valence-electron chi connectivity index (χ3n) is 1.77. The van der Waals surface area contributed by atoms with Crippen molar-refractivity contribution in [2.24, 2.45) is 0 Å². The van der Waals surface area contributed by atoms with Crippen LogP contribution in [-0.2, 0) is 0 Å². The molecule has 0 fully saturated rings. The quantitative estimate of drug-likeness (QED) is 0.583. The van der Waals surface area contributed by atoms with Crippen molar-refractivity contribution < 1.29 is 4.39 Å². The number of hydrogen-bond acceptors (Lipinski definition) is 4. The van der Waals surface area contributed by atoms with Gasteiger partial charge in [0.2, 0.25) is 5.95 Å². The summed E-state index contributed by atoms with van der Waals surface area (Å²) in [4.78, 5) is 3.85. The van der Waals surface area contributed by atoms with Crippen molar-refractivity contribution in [3.63, 3.8) is 0 Å². The number of nitrogens with zero attached hydrogens (tertiary/aromatic N) is 2. The smallest absolute Gasteiger partial charge is 0.239 e. The van der Waals surface area contributed by atoms with Gasteiger partial charge in [-0.25, -0.2) is 4.39 Å². The fourth-order valence-corrected chi connectivity index (χ4v) is 1.13. The fourth-order valence-electron chi connectivity index (χ4n) is 1.13. The summed E-state index contributed by atoms with van der Waals surface area (Å²) in [5.74, 6) is 0.0762. The molecule has 6 heteroatoms. The normalized spacial score (nSPS) is 10.4. The topological polar surface area (TPSA) is 93.6 Å². The molecule has 0 aliphatic rings. The first kappa shape index (κ1) is 8.49. The molecule has 0 bridgehead atoms. The first-order valence-corrected chi connectivity index (χ1v) is 3.90. The number of hydrogen-bond donors (Lipinski definition) is 3. The van der Waals surface area contributed by atoms with Gasteiger partial charge in [-0.3, -0.25) is 5.10 Å². The predicted molar refractivity (Wildman–Crippen MR) is 50.6 cm³/mol. The summed E-state index contributed by atoms with van der Waals surface area (Å²) >= 11 is 0. The second-order valence-corrected chi connectivity index (χ2v) is 2.77. The summed E-state index contributed by atoms with van der Waals surface area (Å²) in [7, 11) is 0. The summed E-state index contributed by atoms with van der Waals surface area (Å²) in [6, 6.07) is 4.01. The summed E-state index contributed by atoms with van der Waals surface area (Å²) in [5.41, 5.74) is 11.8. The average molecular weight is 193 g/mol. The standard InChI is InChI=1S/C8H8FN5/c9-4-1-2-6(10)5(3-4)7-12-8(11)14-13-7/h1-3H,10H2,(H3,11,12,13,14). The van der Waals surface area contributed by atoms with E-state index in [0.717, 1.165) is 0 Å². The number of halogens is 1. The maximum absolute atomic E-state index is 12.9. The Labute approximate surface area is 79.0 Å². The highest BCUT2D eigenvalue weighted by Gasteiger charge is 2.07. The summed E-state index contributed by atoms with van der Waals surface area (Å²) in [6.45, 7) is 0. The van der Waals surface area contributed by atoms with Crippen molar-refractivity contribution in [1.29, 1.82) is 0 Å². The molecule has 2 aromatic rings. The molecule has 5 nitrogen and oxygen atoms in total. The van der Waals surface area contributed by atoms with Crippen LogP contribution in [0.4, 0.5) is 16.0 Å². The molecule has 0 aliphatic heterocycles. The molecule has 0 radical (unpaired) electrons. The maximum atomic E-state index is 12.9. The second-order valence-electron chi connectivity index (χ2n) is 2.77. The lowest BCUT2D eigenvalue weighted by Gasteiger charge is -2.00. The number of aromatic nitrogens is 3. The van der Waals surface area contributed by atoms with Crippen LogP contribution >= 0.6 is 0 Å². The molecule has 2 rings (SSSR count). The lowest BCUT2D eigenvalue weighted by molar-refractivity contribution is 0.628. The lowest BCUT2D eigenvalue weighted by atomic mass is 10.1. The van der Waals surface area contributed by atoms with Gasteiger partial charge < -0.3 is 11.5 Å². The highest BCUT2D eigenvalue weighted by Crippen LogP contribution is 2.23. The van der Waals surface area contributed by atoms with E-state index < -0.39 is 0 Å². The summed E-state index contributed by atoms with van der Waals surface area (Å²) in [6.07, 6.45) is 0. The molecule has 0 atom stereocenters. The van der Waals surface area contributed by atoms with E-state index >= 15 is 0 Å². The Kier molecular flexibility index (Phi) is 1.81. The minimum absolute atomic E-state index is 0.101. The molecule has 72 valence electrons. The number of nitrogens with one attached hydrogen (secondary N) is 1. The van der Waals surface area contributed by atoms with E-state index in [2.05, 4.69) is 15.2 Å². The Hall–Kier alpha value is -2.11. The van der Waals surface area contributed by atoms with E-state index in [4.69, 9.17) is 11.5 Å². The zero-order valence-electron chi connectivity index (χ0n) is 7.16. The lowest BCUT2D eigenvalue weighted by Crippen LogP contribution is -1.92. The Morgan fingerprint density at radius 1 is 1.29 bits per heavy atom. The van der Waals surface area contributed by atoms with E-state index in [1.807, 2.05) is 0 Å². The number of anilines is 2. The van der Waals surface area contributed by atoms with Crippen LogP contribution in [0.1, 0.15) is 0 Å². The van der Waals surface area contributed by atoms with E-state index in [1.54, 1.807) is 0 Å². The zero-order chi connectivity index (χ0) is 10.1. The van der Waals surface area contributed by atoms with Crippen molar-refractivity contribution in [3.8, 4) is 11.4 Å². The number of rotatable bonds is 1. The van der Waals surface area contributed by atoms with Crippen molar-refractivity contribution in [3.05, 3.63) is 24.0 Å². The van der Waals surface area contributed by atoms with Crippen molar-refractivity contribution in [1.82, 2.24) is 15.2 Å². The SMILES string of the molecule is Nc1n[nH]c(-c2cc(F)ccc2N)n1. The molecule has 1 aromatic carbocycles. The zero-order valence-corrected chi connectivity index (χ0v) is 7.16. The number of benzene rings is 1. The first-order chi connectivity index (χ1) is 6.66. The van der Waals surface area contributed by atoms with Gasteiger partial charge in [-0.15, -0.1) is 5.10 Å². The largest absolute Gasteiger partial charge is 0.398 e. The van der Waals surface area contributed by atoms with Crippen LogP contribution < -0.4 is 11.5 Å². The van der Waals surface area contributed by atoms with Crippen molar-refractivity contribution in [2.45, 2.75) is 0 Å². The van der Waals surface area contributed by atoms with Crippen molar-refractivity contribution >= 4 is 11.6 Å². The van der Waals surface area contributed by atoms with E-state index in [1.165, 1.54) is 18.2 Å². The molecular weight excluding hydrogens is 185 g/mol. The molecule has 0 saturated heterocycles. The molecule has 0 amide bonds. The van der Waals surface area contributed by atoms with Crippen molar-refractivity contribution in [2.75, 3.05) is 11.5 Å². The number of H-pyrrole nitrogens is 1. The molecule has 5 N–H and O–H groups in total. The van der Waals surface area contributed by atoms with Gasteiger partial charge in [0.1, 0.15) is 5.82 Å². The predicted octanol–water partition coefficient (Wildman–Crippen LogP) is 0.775. The average Bonchev–Trinajstić information content (AvgIpc) is 2.56. The maximum Gasteiger partial charge on any atom is 0.239 e. The van der Waals surface area contributed by atoms with Crippen LogP contribution in [0.5, 0.6) is 0 Å². The van der Waals surface area contributed by atoms with E-state index in [0.29, 0.717) is 17.1 Å². The van der Waals surface area contributed by atoms with Crippen LogP contribution in [-0.4, -0.2) is 15.2 Å². The van der Waals surface area contributed by atoms with Crippen LogP contribution in [0.25, 0.3) is 11.4 Å². The third kappa shape index (κ3) is 1.37. The Bertz CT molecular complexity index is 465. The molecule has 0 unspecified atom stereocenters. The van der Waals surface area contributed by atoms with Crippen LogP contribution in [0.3, 0.4) is 0 Å². The third-order valence-corrected chi connectivity index (χ3v) is 1.77. The summed E-state index contributed by atoms with van der Waals surface area (Å²) < 4.78 is 12.9. The number of nitrogen functional groups attached to an aromatic ring is 2. The molecule has 1 aromatic heterocycles. The van der Waals surface area contributed by atoms with Crippen LogP contribution in [0.2, 0.25) is 0 Å². The molecule has 14 heavy (non-hydrogen) atoms. The Morgan fingerprint density at radius 2 is 2.07 bits per heavy atom. The molecule has 0 spiro atoms. The van der Waals surface area contributed by atoms with Gasteiger partial charge in [-0.05, 0) is 18.2 Å². The highest BCUT2D eigenvalue weighted by molar-refractivity contribution is 5.71. The van der Waals surface area contributed by atoms with E-state index in [-0.39, 0.29) is 11.8 Å². The van der Waals surface area contributed by atoms with E-state index in [9.17, 15) is 4.39 Å². The van der Waals surface area contributed by atoms with Gasteiger partial charge in [0, 0.05) is 11.3 Å². The van der Waals surface area contributed by atoms with Gasteiger partial charge in [0.15, 0.2) is 5.82 Å². The van der Waals surface area contributed by atoms with Gasteiger partial charge in [0.25, 0.3) is 0 Å². The Balaban J connectivity index is 2.55. The molecule has 0 saturated carbocycles. The number of nitrogens with two attached hydrogens (primary N) is 2. The van der Waals surface area contributed by atoms with Gasteiger partial charge in [-0.2, -0.15) is 4.98 Å².